The number of methoxy groups -OCH3 is 2. The number of nitrogens with one attached hydrogen (secondary N) is 1. The Bertz CT molecular complexity index is 1230. The highest BCUT2D eigenvalue weighted by molar-refractivity contribution is 9.10. The molecule has 0 aliphatic heterocycles. The highest BCUT2D eigenvalue weighted by Crippen LogP contribution is 2.29. The highest BCUT2D eigenvalue weighted by atomic mass is 79.9. The lowest BCUT2D eigenvalue weighted by Crippen LogP contribution is -2.29. The standard InChI is InChI=1S/C24H25BrN2O5S/c1-31-22-13-10-18(14-23(22)32-2)15-26-24(28)19-11-8-17(9-12-19)16-27(33(3,29)30)21-7-5-4-6-20(21)25/h4-14H,15-16H2,1-3H3,(H,26,28). The molecule has 33 heavy (non-hydrogen) atoms. The molecule has 0 bridgehead atoms. The Kier molecular flexibility index (Phi) is 7.99. The van der Waals surface area contributed by atoms with Crippen LogP contribution in [0.4, 0.5) is 5.69 Å². The van der Waals surface area contributed by atoms with Crippen molar-refractivity contribution in [1.82, 2.24) is 5.32 Å². The SMILES string of the molecule is COc1ccc(CNC(=O)c2ccc(CN(c3ccccc3Br)S(C)(=O)=O)cc2)cc1OC. The second-order valence-electron chi connectivity index (χ2n) is 7.29. The lowest BCUT2D eigenvalue weighted by molar-refractivity contribution is 0.0951. The third kappa shape index (κ3) is 6.27. The number of carbonyl (C=O) groups excluding carboxylic acids is 1. The van der Waals surface area contributed by atoms with Gasteiger partial charge < -0.3 is 14.8 Å². The van der Waals surface area contributed by atoms with Gasteiger partial charge in [0.25, 0.3) is 5.91 Å². The van der Waals surface area contributed by atoms with E-state index >= 15 is 0 Å². The zero-order chi connectivity index (χ0) is 24.0. The molecule has 1 amide bonds. The van der Waals surface area contributed by atoms with E-state index < -0.39 is 10.0 Å². The molecule has 3 aromatic carbocycles. The molecule has 1 N–H and O–H groups in total. The first kappa shape index (κ1) is 24.6. The average molecular weight is 533 g/mol. The molecule has 9 heteroatoms. The summed E-state index contributed by atoms with van der Waals surface area (Å²) >= 11 is 3.41. The van der Waals surface area contributed by atoms with E-state index in [0.717, 1.165) is 11.1 Å². The van der Waals surface area contributed by atoms with Crippen molar-refractivity contribution in [3.8, 4) is 11.5 Å². The fourth-order valence-electron chi connectivity index (χ4n) is 3.24. The quantitative estimate of drug-likeness (QED) is 0.442. The van der Waals surface area contributed by atoms with Gasteiger partial charge in [0.15, 0.2) is 11.5 Å². The molecule has 0 heterocycles. The fraction of sp³-hybridized carbons (Fsp3) is 0.208. The van der Waals surface area contributed by atoms with Crippen LogP contribution >= 0.6 is 15.9 Å². The van der Waals surface area contributed by atoms with E-state index in [-0.39, 0.29) is 12.5 Å². The van der Waals surface area contributed by atoms with Crippen LogP contribution in [0.5, 0.6) is 11.5 Å². The van der Waals surface area contributed by atoms with Gasteiger partial charge in [-0.25, -0.2) is 8.42 Å². The summed E-state index contributed by atoms with van der Waals surface area (Å²) in [6, 6.07) is 19.4. The van der Waals surface area contributed by atoms with Gasteiger partial charge in [0.05, 0.1) is 32.7 Å². The van der Waals surface area contributed by atoms with E-state index in [1.165, 1.54) is 10.6 Å². The lowest BCUT2D eigenvalue weighted by atomic mass is 10.1. The van der Waals surface area contributed by atoms with Crippen molar-refractivity contribution in [2.24, 2.45) is 0 Å². The van der Waals surface area contributed by atoms with Crippen LogP contribution in [0, 0.1) is 0 Å². The number of halogens is 1. The maximum Gasteiger partial charge on any atom is 0.251 e. The van der Waals surface area contributed by atoms with E-state index in [1.807, 2.05) is 18.2 Å². The number of amides is 1. The molecular weight excluding hydrogens is 508 g/mol. The molecule has 0 saturated carbocycles. The maximum absolute atomic E-state index is 12.6. The summed E-state index contributed by atoms with van der Waals surface area (Å²) in [7, 11) is -0.385. The molecule has 0 spiro atoms. The second-order valence-corrected chi connectivity index (χ2v) is 10.1. The Morgan fingerprint density at radius 3 is 2.18 bits per heavy atom. The van der Waals surface area contributed by atoms with Crippen LogP contribution in [0.25, 0.3) is 0 Å². The van der Waals surface area contributed by atoms with Gasteiger partial charge in [-0.05, 0) is 63.5 Å². The van der Waals surface area contributed by atoms with E-state index in [2.05, 4.69) is 21.2 Å². The molecule has 0 aliphatic rings. The Morgan fingerprint density at radius 1 is 0.939 bits per heavy atom. The number of anilines is 1. The van der Waals surface area contributed by atoms with Crippen molar-refractivity contribution in [2.75, 3.05) is 24.8 Å². The smallest absolute Gasteiger partial charge is 0.251 e. The Balaban J connectivity index is 1.69. The number of ether oxygens (including phenoxy) is 2. The predicted octanol–water partition coefficient (Wildman–Crippen LogP) is 4.36. The minimum atomic E-state index is -3.51. The van der Waals surface area contributed by atoms with Gasteiger partial charge in [0.2, 0.25) is 10.0 Å². The van der Waals surface area contributed by atoms with Crippen molar-refractivity contribution < 1.29 is 22.7 Å². The molecule has 0 fully saturated rings. The summed E-state index contributed by atoms with van der Waals surface area (Å²) in [6.45, 7) is 0.472. The summed E-state index contributed by atoms with van der Waals surface area (Å²) in [5, 5.41) is 2.87. The van der Waals surface area contributed by atoms with Gasteiger partial charge in [0.1, 0.15) is 0 Å². The molecule has 0 aliphatic carbocycles. The van der Waals surface area contributed by atoms with Crippen LogP contribution in [-0.4, -0.2) is 34.8 Å². The number of para-hydroxylation sites is 1. The van der Waals surface area contributed by atoms with Crippen molar-refractivity contribution in [3.63, 3.8) is 0 Å². The first-order valence-corrected chi connectivity index (χ1v) is 12.7. The number of hydrogen-bond acceptors (Lipinski definition) is 5. The maximum atomic E-state index is 12.6. The Morgan fingerprint density at radius 2 is 1.58 bits per heavy atom. The van der Waals surface area contributed by atoms with Crippen LogP contribution < -0.4 is 19.1 Å². The van der Waals surface area contributed by atoms with Crippen LogP contribution in [0.2, 0.25) is 0 Å². The fourth-order valence-corrected chi connectivity index (χ4v) is 4.75. The van der Waals surface area contributed by atoms with Crippen LogP contribution in [0.1, 0.15) is 21.5 Å². The number of carbonyl (C=O) groups is 1. The zero-order valence-electron chi connectivity index (χ0n) is 18.5. The average Bonchev–Trinajstić information content (AvgIpc) is 2.81. The molecule has 174 valence electrons. The first-order chi connectivity index (χ1) is 15.7. The highest BCUT2D eigenvalue weighted by Gasteiger charge is 2.20. The van der Waals surface area contributed by atoms with Gasteiger partial charge >= 0.3 is 0 Å². The summed E-state index contributed by atoms with van der Waals surface area (Å²) in [4.78, 5) is 12.6. The first-order valence-electron chi connectivity index (χ1n) is 10.0. The van der Waals surface area contributed by atoms with E-state index in [1.54, 1.807) is 62.8 Å². The number of rotatable bonds is 9. The lowest BCUT2D eigenvalue weighted by Gasteiger charge is -2.23. The molecule has 3 rings (SSSR count). The Hall–Kier alpha value is -3.04. The van der Waals surface area contributed by atoms with Crippen molar-refractivity contribution in [3.05, 3.63) is 87.9 Å². The molecule has 0 unspecified atom stereocenters. The summed E-state index contributed by atoms with van der Waals surface area (Å²) in [6.07, 6.45) is 1.17. The number of hydrogen-bond donors (Lipinski definition) is 1. The molecule has 7 nitrogen and oxygen atoms in total. The van der Waals surface area contributed by atoms with Gasteiger partial charge in [-0.1, -0.05) is 30.3 Å². The second kappa shape index (κ2) is 10.7. The molecular formula is C24H25BrN2O5S. The van der Waals surface area contributed by atoms with Gasteiger partial charge in [-0.3, -0.25) is 9.10 Å². The van der Waals surface area contributed by atoms with E-state index in [9.17, 15) is 13.2 Å². The van der Waals surface area contributed by atoms with E-state index in [4.69, 9.17) is 9.47 Å². The van der Waals surface area contributed by atoms with Crippen molar-refractivity contribution in [1.29, 1.82) is 0 Å². The van der Waals surface area contributed by atoms with Crippen molar-refractivity contribution >= 4 is 37.5 Å². The van der Waals surface area contributed by atoms with Crippen LogP contribution in [-0.2, 0) is 23.1 Å². The summed E-state index contributed by atoms with van der Waals surface area (Å²) in [5.74, 6) is 0.977. The topological polar surface area (TPSA) is 84.9 Å². The number of sulfonamides is 1. The number of nitrogens with zero attached hydrogens (tertiary/aromatic N) is 1. The largest absolute Gasteiger partial charge is 0.493 e. The van der Waals surface area contributed by atoms with Gasteiger partial charge in [-0.2, -0.15) is 0 Å². The molecule has 0 aromatic heterocycles. The minimum Gasteiger partial charge on any atom is -0.493 e. The third-order valence-corrected chi connectivity index (χ3v) is 6.76. The predicted molar refractivity (Wildman–Crippen MR) is 132 cm³/mol. The van der Waals surface area contributed by atoms with Gasteiger partial charge in [-0.15, -0.1) is 0 Å². The summed E-state index contributed by atoms with van der Waals surface area (Å²) < 4.78 is 37.3. The normalized spacial score (nSPS) is 11.0. The van der Waals surface area contributed by atoms with Crippen LogP contribution in [0.3, 0.4) is 0 Å². The monoisotopic (exact) mass is 532 g/mol. The van der Waals surface area contributed by atoms with Crippen molar-refractivity contribution in [2.45, 2.75) is 13.1 Å². The zero-order valence-corrected chi connectivity index (χ0v) is 20.9. The molecule has 0 radical (unpaired) electrons. The Labute approximate surface area is 202 Å². The minimum absolute atomic E-state index is 0.148. The van der Waals surface area contributed by atoms with Gasteiger partial charge in [0, 0.05) is 16.6 Å². The molecule has 0 atom stereocenters. The van der Waals surface area contributed by atoms with E-state index in [0.29, 0.717) is 33.8 Å². The third-order valence-electron chi connectivity index (χ3n) is 4.96. The molecule has 0 saturated heterocycles. The van der Waals surface area contributed by atoms with Crippen LogP contribution in [0.15, 0.2) is 71.2 Å². The summed E-state index contributed by atoms with van der Waals surface area (Å²) in [5.41, 5.74) is 2.66. The number of benzene rings is 3. The molecule has 3 aromatic rings.